The zero-order chi connectivity index (χ0) is 17.5. The molecule has 0 aliphatic carbocycles. The van der Waals surface area contributed by atoms with E-state index in [4.69, 9.17) is 5.11 Å². The van der Waals surface area contributed by atoms with Gasteiger partial charge >= 0.3 is 6.18 Å². The van der Waals surface area contributed by atoms with Crippen LogP contribution in [0.5, 0.6) is 0 Å². The van der Waals surface area contributed by atoms with Gasteiger partial charge in [-0.1, -0.05) is 13.0 Å². The van der Waals surface area contributed by atoms with E-state index < -0.39 is 17.6 Å². The fourth-order valence-electron chi connectivity index (χ4n) is 1.79. The molecule has 1 unspecified atom stereocenters. The van der Waals surface area contributed by atoms with E-state index in [1.807, 2.05) is 13.8 Å². The molecule has 0 aliphatic heterocycles. The lowest BCUT2D eigenvalue weighted by molar-refractivity contribution is -0.138. The number of nitrogens with zero attached hydrogens (tertiary/aromatic N) is 1. The third-order valence-corrected chi connectivity index (χ3v) is 3.06. The highest BCUT2D eigenvalue weighted by Gasteiger charge is 2.33. The van der Waals surface area contributed by atoms with Crippen LogP contribution in [-0.2, 0) is 12.7 Å². The maximum Gasteiger partial charge on any atom is 0.416 e. The van der Waals surface area contributed by atoms with Gasteiger partial charge in [-0.3, -0.25) is 0 Å². The fourth-order valence-corrected chi connectivity index (χ4v) is 1.79. The first-order valence-electron chi connectivity index (χ1n) is 7.26. The van der Waals surface area contributed by atoms with E-state index in [0.29, 0.717) is 25.1 Å². The van der Waals surface area contributed by atoms with E-state index in [-0.39, 0.29) is 24.6 Å². The number of nitrogens with one attached hydrogen (secondary N) is 2. The zero-order valence-electron chi connectivity index (χ0n) is 13.0. The molecule has 1 aromatic carbocycles. The monoisotopic (exact) mass is 335 g/mol. The largest absolute Gasteiger partial charge is 0.416 e. The lowest BCUT2D eigenvalue weighted by Gasteiger charge is -2.15. The molecule has 3 N–H and O–H groups in total. The molecule has 0 aliphatic rings. The molecule has 0 bridgehead atoms. The van der Waals surface area contributed by atoms with Crippen molar-refractivity contribution in [3.63, 3.8) is 0 Å². The number of aliphatic hydroxyl groups excluding tert-OH is 1. The minimum atomic E-state index is -4.63. The van der Waals surface area contributed by atoms with Crippen LogP contribution in [0.25, 0.3) is 0 Å². The van der Waals surface area contributed by atoms with Crippen LogP contribution in [0.4, 0.5) is 17.6 Å². The molecule has 1 aromatic rings. The SMILES string of the molecule is CCNC(=NCc1ccc(F)cc1C(F)(F)F)NCC(C)CO. The van der Waals surface area contributed by atoms with Crippen LogP contribution in [0.2, 0.25) is 0 Å². The highest BCUT2D eigenvalue weighted by Crippen LogP contribution is 2.32. The Morgan fingerprint density at radius 2 is 2.00 bits per heavy atom. The lowest BCUT2D eigenvalue weighted by Crippen LogP contribution is -2.40. The minimum absolute atomic E-state index is 0.0113. The Kier molecular flexibility index (Phi) is 7.28. The summed E-state index contributed by atoms with van der Waals surface area (Å²) in [6.07, 6.45) is -4.63. The number of rotatable bonds is 6. The van der Waals surface area contributed by atoms with Gasteiger partial charge in [0.1, 0.15) is 5.82 Å². The van der Waals surface area contributed by atoms with E-state index in [9.17, 15) is 17.6 Å². The molecule has 4 nitrogen and oxygen atoms in total. The molecule has 0 aromatic heterocycles. The summed E-state index contributed by atoms with van der Waals surface area (Å²) >= 11 is 0. The van der Waals surface area contributed by atoms with Crippen molar-refractivity contribution in [2.24, 2.45) is 10.9 Å². The van der Waals surface area contributed by atoms with Crippen molar-refractivity contribution >= 4 is 5.96 Å². The number of halogens is 4. The average molecular weight is 335 g/mol. The van der Waals surface area contributed by atoms with Gasteiger partial charge in [0.25, 0.3) is 0 Å². The first-order chi connectivity index (χ1) is 10.8. The smallest absolute Gasteiger partial charge is 0.396 e. The summed E-state index contributed by atoms with van der Waals surface area (Å²) in [6.45, 7) is 4.36. The molecular formula is C15H21F4N3O. The summed E-state index contributed by atoms with van der Waals surface area (Å²) in [5.41, 5.74) is -1.13. The topological polar surface area (TPSA) is 56.7 Å². The molecule has 23 heavy (non-hydrogen) atoms. The Morgan fingerprint density at radius 3 is 2.57 bits per heavy atom. The van der Waals surface area contributed by atoms with Crippen LogP contribution in [0.1, 0.15) is 25.0 Å². The first kappa shape index (κ1) is 19.2. The zero-order valence-corrected chi connectivity index (χ0v) is 13.0. The third-order valence-electron chi connectivity index (χ3n) is 3.06. The quantitative estimate of drug-likeness (QED) is 0.425. The molecule has 1 rings (SSSR count). The highest BCUT2D eigenvalue weighted by atomic mass is 19.4. The number of aliphatic hydroxyl groups is 1. The second-order valence-corrected chi connectivity index (χ2v) is 5.16. The van der Waals surface area contributed by atoms with Crippen molar-refractivity contribution in [1.29, 1.82) is 0 Å². The Morgan fingerprint density at radius 1 is 1.30 bits per heavy atom. The van der Waals surface area contributed by atoms with Gasteiger partial charge < -0.3 is 15.7 Å². The molecular weight excluding hydrogens is 314 g/mol. The van der Waals surface area contributed by atoms with Gasteiger partial charge in [0.15, 0.2) is 5.96 Å². The lowest BCUT2D eigenvalue weighted by atomic mass is 10.1. The predicted octanol–water partition coefficient (Wildman–Crippen LogP) is 2.53. The van der Waals surface area contributed by atoms with Gasteiger partial charge in [-0.25, -0.2) is 9.38 Å². The van der Waals surface area contributed by atoms with Crippen LogP contribution in [0.15, 0.2) is 23.2 Å². The van der Waals surface area contributed by atoms with E-state index in [2.05, 4.69) is 15.6 Å². The molecule has 0 heterocycles. The van der Waals surface area contributed by atoms with Gasteiger partial charge in [0, 0.05) is 19.7 Å². The van der Waals surface area contributed by atoms with Crippen molar-refractivity contribution in [3.8, 4) is 0 Å². The molecule has 0 saturated carbocycles. The number of aliphatic imine (C=N–C) groups is 1. The second-order valence-electron chi connectivity index (χ2n) is 5.16. The minimum Gasteiger partial charge on any atom is -0.396 e. The molecule has 0 radical (unpaired) electrons. The summed E-state index contributed by atoms with van der Waals surface area (Å²) in [7, 11) is 0. The Labute approximate surface area is 132 Å². The van der Waals surface area contributed by atoms with Crippen LogP contribution in [0.3, 0.4) is 0 Å². The Hall–Kier alpha value is -1.83. The number of benzene rings is 1. The molecule has 130 valence electrons. The normalized spacial score (nSPS) is 13.8. The summed E-state index contributed by atoms with van der Waals surface area (Å²) in [6, 6.07) is 2.54. The van der Waals surface area contributed by atoms with Crippen LogP contribution in [0, 0.1) is 11.7 Å². The Bertz CT molecular complexity index is 532. The van der Waals surface area contributed by atoms with Crippen LogP contribution >= 0.6 is 0 Å². The van der Waals surface area contributed by atoms with E-state index >= 15 is 0 Å². The molecule has 8 heteroatoms. The van der Waals surface area contributed by atoms with Gasteiger partial charge in [-0.05, 0) is 30.5 Å². The molecule has 1 atom stereocenters. The molecule has 0 spiro atoms. The van der Waals surface area contributed by atoms with Gasteiger partial charge in [-0.2, -0.15) is 13.2 Å². The van der Waals surface area contributed by atoms with Gasteiger partial charge in [0.05, 0.1) is 12.1 Å². The van der Waals surface area contributed by atoms with Crippen LogP contribution in [-0.4, -0.2) is 30.8 Å². The van der Waals surface area contributed by atoms with Gasteiger partial charge in [0.2, 0.25) is 0 Å². The first-order valence-corrected chi connectivity index (χ1v) is 7.26. The number of guanidine groups is 1. The van der Waals surface area contributed by atoms with Crippen molar-refractivity contribution in [2.45, 2.75) is 26.6 Å². The highest BCUT2D eigenvalue weighted by molar-refractivity contribution is 5.79. The number of hydrogen-bond acceptors (Lipinski definition) is 2. The number of alkyl halides is 3. The summed E-state index contributed by atoms with van der Waals surface area (Å²) in [5.74, 6) is -0.618. The second kappa shape index (κ2) is 8.71. The summed E-state index contributed by atoms with van der Waals surface area (Å²) in [4.78, 5) is 4.08. The third kappa shape index (κ3) is 6.43. The molecule has 0 saturated heterocycles. The molecule has 0 fully saturated rings. The van der Waals surface area contributed by atoms with E-state index in [1.165, 1.54) is 0 Å². The van der Waals surface area contributed by atoms with E-state index in [0.717, 1.165) is 12.1 Å². The average Bonchev–Trinajstić information content (AvgIpc) is 2.49. The maximum atomic E-state index is 13.1. The number of hydrogen-bond donors (Lipinski definition) is 3. The Balaban J connectivity index is 2.91. The van der Waals surface area contributed by atoms with Crippen molar-refractivity contribution < 1.29 is 22.7 Å². The molecule has 0 amide bonds. The fraction of sp³-hybridized carbons (Fsp3) is 0.533. The maximum absolute atomic E-state index is 13.1. The van der Waals surface area contributed by atoms with Crippen molar-refractivity contribution in [1.82, 2.24) is 10.6 Å². The summed E-state index contributed by atoms with van der Waals surface area (Å²) in [5, 5.41) is 14.8. The van der Waals surface area contributed by atoms with Crippen molar-refractivity contribution in [2.75, 3.05) is 19.7 Å². The van der Waals surface area contributed by atoms with Crippen molar-refractivity contribution in [3.05, 3.63) is 35.1 Å². The summed E-state index contributed by atoms with van der Waals surface area (Å²) < 4.78 is 51.8. The predicted molar refractivity (Wildman–Crippen MR) is 80.5 cm³/mol. The van der Waals surface area contributed by atoms with Gasteiger partial charge in [-0.15, -0.1) is 0 Å². The van der Waals surface area contributed by atoms with E-state index in [1.54, 1.807) is 0 Å². The van der Waals surface area contributed by atoms with Crippen LogP contribution < -0.4 is 10.6 Å². The standard InChI is InChI=1S/C15H21F4N3O/c1-3-20-14(21-7-10(2)9-23)22-8-11-4-5-12(16)6-13(11)15(17,18)19/h4-6,10,23H,3,7-9H2,1-2H3,(H2,20,21,22).